The van der Waals surface area contributed by atoms with Crippen molar-refractivity contribution < 1.29 is 9.18 Å². The van der Waals surface area contributed by atoms with Crippen LogP contribution >= 0.6 is 0 Å². The summed E-state index contributed by atoms with van der Waals surface area (Å²) in [6, 6.07) is 6.33. The first kappa shape index (κ1) is 15.6. The highest BCUT2D eigenvalue weighted by atomic mass is 19.1. The number of carbonyl (C=O) groups excluding carboxylic acids is 1. The fraction of sp³-hybridized carbons (Fsp3) is 0.278. The minimum absolute atomic E-state index is 0.0656. The number of fused-ring (bicyclic) bond motifs is 3. The number of hydrogen-bond acceptors (Lipinski definition) is 3. The summed E-state index contributed by atoms with van der Waals surface area (Å²) >= 11 is 0. The first-order chi connectivity index (χ1) is 12.1. The van der Waals surface area contributed by atoms with Gasteiger partial charge in [-0.2, -0.15) is 0 Å². The van der Waals surface area contributed by atoms with Crippen LogP contribution in [0.15, 0.2) is 35.3 Å². The highest BCUT2D eigenvalue weighted by molar-refractivity contribution is 5.76. The van der Waals surface area contributed by atoms with E-state index in [-0.39, 0.29) is 17.4 Å². The zero-order chi connectivity index (χ0) is 17.6. The molecule has 1 N–H and O–H groups in total. The standard InChI is InChI=1S/C18H17FN4O2/c1-2-16(24)22-8-7-14-12(9-22)17-20-15(10-23(17)18(25)21-14)11-5-3-4-6-13(11)19/h3-6,10H,2,7-9H2,1H3,(H,21,25). The predicted octanol–water partition coefficient (Wildman–Crippen LogP) is 2.12. The van der Waals surface area contributed by atoms with Gasteiger partial charge in [-0.05, 0) is 12.1 Å². The highest BCUT2D eigenvalue weighted by Crippen LogP contribution is 2.25. The molecule has 3 aromatic rings. The second kappa shape index (κ2) is 5.84. The number of rotatable bonds is 2. The molecule has 4 rings (SSSR count). The third-order valence-electron chi connectivity index (χ3n) is 4.60. The number of aromatic amines is 1. The van der Waals surface area contributed by atoms with Gasteiger partial charge in [0.05, 0.1) is 12.2 Å². The van der Waals surface area contributed by atoms with Gasteiger partial charge in [-0.15, -0.1) is 0 Å². The Bertz CT molecular complexity index is 1040. The molecule has 128 valence electrons. The second-order valence-corrected chi connectivity index (χ2v) is 6.11. The van der Waals surface area contributed by atoms with E-state index in [2.05, 4.69) is 9.97 Å². The zero-order valence-electron chi connectivity index (χ0n) is 13.8. The molecule has 7 heteroatoms. The van der Waals surface area contributed by atoms with Crippen molar-refractivity contribution in [2.45, 2.75) is 26.3 Å². The molecule has 0 fully saturated rings. The molecule has 0 unspecified atom stereocenters. The molecule has 1 aliphatic rings. The van der Waals surface area contributed by atoms with Crippen LogP contribution in [0.25, 0.3) is 16.9 Å². The van der Waals surface area contributed by atoms with E-state index >= 15 is 0 Å². The predicted molar refractivity (Wildman–Crippen MR) is 90.6 cm³/mol. The fourth-order valence-corrected chi connectivity index (χ4v) is 3.28. The van der Waals surface area contributed by atoms with Crippen LogP contribution in [-0.2, 0) is 17.8 Å². The monoisotopic (exact) mass is 340 g/mol. The molecular weight excluding hydrogens is 323 g/mol. The maximum Gasteiger partial charge on any atom is 0.331 e. The maximum atomic E-state index is 14.1. The molecule has 0 bridgehead atoms. The van der Waals surface area contributed by atoms with Crippen LogP contribution in [0.2, 0.25) is 0 Å². The smallest absolute Gasteiger partial charge is 0.331 e. The minimum Gasteiger partial charge on any atom is -0.338 e. The summed E-state index contributed by atoms with van der Waals surface area (Å²) in [4.78, 5) is 33.5. The molecule has 6 nitrogen and oxygen atoms in total. The second-order valence-electron chi connectivity index (χ2n) is 6.11. The number of halogens is 1. The van der Waals surface area contributed by atoms with Crippen molar-refractivity contribution in [3.05, 3.63) is 58.0 Å². The zero-order valence-corrected chi connectivity index (χ0v) is 13.8. The van der Waals surface area contributed by atoms with Gasteiger partial charge < -0.3 is 9.88 Å². The van der Waals surface area contributed by atoms with Crippen LogP contribution < -0.4 is 5.69 Å². The first-order valence-corrected chi connectivity index (χ1v) is 8.24. The number of H-pyrrole nitrogens is 1. The SMILES string of the molecule is CCC(=O)N1CCc2[nH]c(=O)n3cc(-c4ccccc4F)nc3c2C1. The molecule has 3 heterocycles. The molecule has 0 atom stereocenters. The van der Waals surface area contributed by atoms with Crippen LogP contribution in [0.1, 0.15) is 24.6 Å². The molecule has 1 aliphatic heterocycles. The summed E-state index contributed by atoms with van der Waals surface area (Å²) in [5.74, 6) is -0.324. The van der Waals surface area contributed by atoms with E-state index in [0.29, 0.717) is 42.8 Å². The summed E-state index contributed by atoms with van der Waals surface area (Å²) in [6.07, 6.45) is 2.55. The molecular formula is C18H17FN4O2. The quantitative estimate of drug-likeness (QED) is 0.777. The van der Waals surface area contributed by atoms with Crippen LogP contribution in [-0.4, -0.2) is 31.7 Å². The fourth-order valence-electron chi connectivity index (χ4n) is 3.28. The summed E-state index contributed by atoms with van der Waals surface area (Å²) in [5.41, 5.74) is 2.52. The summed E-state index contributed by atoms with van der Waals surface area (Å²) in [7, 11) is 0. The molecule has 2 aromatic heterocycles. The number of benzene rings is 1. The average Bonchev–Trinajstić information content (AvgIpc) is 3.07. The molecule has 0 saturated heterocycles. The normalized spacial score (nSPS) is 13.9. The number of hydrogen-bond donors (Lipinski definition) is 1. The number of amides is 1. The van der Waals surface area contributed by atoms with Gasteiger partial charge in [0.2, 0.25) is 5.91 Å². The molecule has 1 amide bonds. The Hall–Kier alpha value is -2.96. The van der Waals surface area contributed by atoms with Crippen molar-refractivity contribution in [3.63, 3.8) is 0 Å². The van der Waals surface area contributed by atoms with Gasteiger partial charge in [-0.1, -0.05) is 19.1 Å². The van der Waals surface area contributed by atoms with Crippen LogP contribution in [0.4, 0.5) is 4.39 Å². The van der Waals surface area contributed by atoms with Crippen molar-refractivity contribution in [3.8, 4) is 11.3 Å². The lowest BCUT2D eigenvalue weighted by Crippen LogP contribution is -2.37. The van der Waals surface area contributed by atoms with Crippen molar-refractivity contribution >= 4 is 11.6 Å². The lowest BCUT2D eigenvalue weighted by molar-refractivity contribution is -0.131. The van der Waals surface area contributed by atoms with Gasteiger partial charge in [0.15, 0.2) is 0 Å². The van der Waals surface area contributed by atoms with Gasteiger partial charge >= 0.3 is 5.69 Å². The third-order valence-corrected chi connectivity index (χ3v) is 4.60. The van der Waals surface area contributed by atoms with Crippen molar-refractivity contribution in [2.75, 3.05) is 6.54 Å². The largest absolute Gasteiger partial charge is 0.338 e. The molecule has 0 spiro atoms. The van der Waals surface area contributed by atoms with Gasteiger partial charge in [0.1, 0.15) is 11.5 Å². The van der Waals surface area contributed by atoms with Gasteiger partial charge in [-0.25, -0.2) is 14.2 Å². The lowest BCUT2D eigenvalue weighted by atomic mass is 10.1. The van der Waals surface area contributed by atoms with Gasteiger partial charge in [0.25, 0.3) is 0 Å². The van der Waals surface area contributed by atoms with Gasteiger partial charge in [0, 0.05) is 42.4 Å². The van der Waals surface area contributed by atoms with E-state index in [1.54, 1.807) is 23.1 Å². The van der Waals surface area contributed by atoms with E-state index in [4.69, 9.17) is 0 Å². The average molecular weight is 340 g/mol. The lowest BCUT2D eigenvalue weighted by Gasteiger charge is -2.28. The molecule has 1 aromatic carbocycles. The molecule has 0 aliphatic carbocycles. The van der Waals surface area contributed by atoms with Crippen LogP contribution in [0, 0.1) is 5.82 Å². The number of imidazole rings is 1. The maximum absolute atomic E-state index is 14.1. The number of aromatic nitrogens is 3. The van der Waals surface area contributed by atoms with E-state index in [1.165, 1.54) is 16.7 Å². The van der Waals surface area contributed by atoms with Crippen LogP contribution in [0.5, 0.6) is 0 Å². The van der Waals surface area contributed by atoms with E-state index in [9.17, 15) is 14.0 Å². The van der Waals surface area contributed by atoms with Crippen molar-refractivity contribution in [2.24, 2.45) is 0 Å². The number of carbonyl (C=O) groups is 1. The Balaban J connectivity index is 1.88. The first-order valence-electron chi connectivity index (χ1n) is 8.24. The molecule has 0 radical (unpaired) electrons. The Morgan fingerprint density at radius 2 is 2.16 bits per heavy atom. The Morgan fingerprint density at radius 1 is 1.36 bits per heavy atom. The third kappa shape index (κ3) is 2.52. The Labute approximate surface area is 142 Å². The topological polar surface area (TPSA) is 70.5 Å². The Morgan fingerprint density at radius 3 is 2.92 bits per heavy atom. The van der Waals surface area contributed by atoms with E-state index in [1.807, 2.05) is 6.92 Å². The summed E-state index contributed by atoms with van der Waals surface area (Å²) in [6.45, 7) is 2.80. The summed E-state index contributed by atoms with van der Waals surface area (Å²) in [5, 5.41) is 0. The number of nitrogens with zero attached hydrogens (tertiary/aromatic N) is 3. The van der Waals surface area contributed by atoms with Crippen molar-refractivity contribution in [1.82, 2.24) is 19.3 Å². The highest BCUT2D eigenvalue weighted by Gasteiger charge is 2.24. The minimum atomic E-state index is -0.390. The number of nitrogens with one attached hydrogen (secondary N) is 1. The Kier molecular flexibility index (Phi) is 3.63. The van der Waals surface area contributed by atoms with Crippen LogP contribution in [0.3, 0.4) is 0 Å². The summed E-state index contributed by atoms with van der Waals surface area (Å²) < 4.78 is 15.5. The molecule has 0 saturated carbocycles. The van der Waals surface area contributed by atoms with Gasteiger partial charge in [-0.3, -0.25) is 9.20 Å². The molecule has 25 heavy (non-hydrogen) atoms. The van der Waals surface area contributed by atoms with E-state index in [0.717, 1.165) is 11.3 Å². The van der Waals surface area contributed by atoms with Crippen molar-refractivity contribution in [1.29, 1.82) is 0 Å². The van der Waals surface area contributed by atoms with E-state index < -0.39 is 0 Å².